The van der Waals surface area contributed by atoms with E-state index in [1.807, 2.05) is 0 Å². The molecule has 25 heavy (non-hydrogen) atoms. The molecule has 0 radical (unpaired) electrons. The number of hydrogen-bond donors (Lipinski definition) is 0. The standard InChI is InChI=1S/C19H18Cl2O4/c1-23-18(22)19(10-2-3-11-24-19)16-9-8-15(12-17(16)21)25-14-6-4-13(20)5-7-14/h4-9,12H,2-3,10-11H2,1H3. The van der Waals surface area contributed by atoms with E-state index in [-0.39, 0.29) is 0 Å². The molecule has 0 amide bonds. The number of rotatable bonds is 4. The summed E-state index contributed by atoms with van der Waals surface area (Å²) in [5.41, 5.74) is -0.549. The summed E-state index contributed by atoms with van der Waals surface area (Å²) in [6.07, 6.45) is 2.32. The lowest BCUT2D eigenvalue weighted by atomic mass is 9.86. The average Bonchev–Trinajstić information content (AvgIpc) is 2.63. The Labute approximate surface area is 156 Å². The smallest absolute Gasteiger partial charge is 0.342 e. The normalized spacial score (nSPS) is 20.1. The van der Waals surface area contributed by atoms with E-state index in [4.69, 9.17) is 37.4 Å². The van der Waals surface area contributed by atoms with Crippen LogP contribution in [0.15, 0.2) is 42.5 Å². The van der Waals surface area contributed by atoms with Crippen LogP contribution in [-0.2, 0) is 19.9 Å². The van der Waals surface area contributed by atoms with Crippen molar-refractivity contribution in [3.05, 3.63) is 58.1 Å². The van der Waals surface area contributed by atoms with E-state index in [1.165, 1.54) is 7.11 Å². The molecule has 0 spiro atoms. The molecular formula is C19H18Cl2O4. The van der Waals surface area contributed by atoms with Gasteiger partial charge in [-0.25, -0.2) is 4.79 Å². The highest BCUT2D eigenvalue weighted by molar-refractivity contribution is 6.32. The van der Waals surface area contributed by atoms with Crippen LogP contribution < -0.4 is 4.74 Å². The first-order valence-corrected chi connectivity index (χ1v) is 8.76. The van der Waals surface area contributed by atoms with Crippen LogP contribution >= 0.6 is 23.2 Å². The van der Waals surface area contributed by atoms with Gasteiger partial charge in [0.05, 0.1) is 12.1 Å². The Morgan fingerprint density at radius 3 is 2.40 bits per heavy atom. The molecule has 6 heteroatoms. The predicted molar refractivity (Wildman–Crippen MR) is 96.5 cm³/mol. The quantitative estimate of drug-likeness (QED) is 0.670. The molecule has 0 aromatic heterocycles. The lowest BCUT2D eigenvalue weighted by molar-refractivity contribution is -0.178. The first kappa shape index (κ1) is 18.1. The van der Waals surface area contributed by atoms with Gasteiger partial charge in [-0.2, -0.15) is 0 Å². The minimum absolute atomic E-state index is 0.402. The third-order valence-electron chi connectivity index (χ3n) is 4.21. The van der Waals surface area contributed by atoms with E-state index in [1.54, 1.807) is 42.5 Å². The molecule has 2 aromatic carbocycles. The van der Waals surface area contributed by atoms with Crippen LogP contribution in [0.1, 0.15) is 24.8 Å². The molecule has 1 heterocycles. The van der Waals surface area contributed by atoms with Gasteiger partial charge in [0.1, 0.15) is 11.5 Å². The Hall–Kier alpha value is -1.75. The van der Waals surface area contributed by atoms with Crippen LogP contribution in [0.4, 0.5) is 0 Å². The van der Waals surface area contributed by atoms with Crippen molar-refractivity contribution in [3.8, 4) is 11.5 Å². The van der Waals surface area contributed by atoms with E-state index in [2.05, 4.69) is 0 Å². The van der Waals surface area contributed by atoms with Crippen molar-refractivity contribution >= 4 is 29.2 Å². The number of halogens is 2. The van der Waals surface area contributed by atoms with Crippen LogP contribution in [0.5, 0.6) is 11.5 Å². The van der Waals surface area contributed by atoms with Gasteiger partial charge in [0.2, 0.25) is 0 Å². The molecular weight excluding hydrogens is 363 g/mol. The monoisotopic (exact) mass is 380 g/mol. The maximum absolute atomic E-state index is 12.4. The van der Waals surface area contributed by atoms with Crippen LogP contribution in [0, 0.1) is 0 Å². The highest BCUT2D eigenvalue weighted by Crippen LogP contribution is 2.41. The maximum Gasteiger partial charge on any atom is 0.342 e. The first-order valence-electron chi connectivity index (χ1n) is 8.01. The first-order chi connectivity index (χ1) is 12.0. The van der Waals surface area contributed by atoms with Gasteiger partial charge in [0.25, 0.3) is 0 Å². The minimum Gasteiger partial charge on any atom is -0.467 e. The lowest BCUT2D eigenvalue weighted by Gasteiger charge is -2.35. The van der Waals surface area contributed by atoms with Crippen LogP contribution in [0.3, 0.4) is 0 Å². The lowest BCUT2D eigenvalue weighted by Crippen LogP contribution is -2.42. The number of carbonyl (C=O) groups is 1. The van der Waals surface area contributed by atoms with E-state index in [0.29, 0.717) is 40.1 Å². The van der Waals surface area contributed by atoms with Crippen LogP contribution in [0.2, 0.25) is 10.0 Å². The second-order valence-corrected chi connectivity index (χ2v) is 6.67. The number of ether oxygens (including phenoxy) is 3. The molecule has 1 fully saturated rings. The summed E-state index contributed by atoms with van der Waals surface area (Å²) in [6.45, 7) is 0.494. The molecule has 3 rings (SSSR count). The predicted octanol–water partition coefficient (Wildman–Crippen LogP) is 5.35. The van der Waals surface area contributed by atoms with Gasteiger partial charge in [-0.1, -0.05) is 29.3 Å². The van der Waals surface area contributed by atoms with Gasteiger partial charge >= 0.3 is 5.97 Å². The Morgan fingerprint density at radius 2 is 1.80 bits per heavy atom. The summed E-state index contributed by atoms with van der Waals surface area (Å²) in [6, 6.07) is 12.2. The molecule has 1 saturated heterocycles. The van der Waals surface area contributed by atoms with Gasteiger partial charge in [-0.3, -0.25) is 0 Å². The number of carbonyl (C=O) groups excluding carboxylic acids is 1. The molecule has 132 valence electrons. The van der Waals surface area contributed by atoms with Crippen molar-refractivity contribution in [3.63, 3.8) is 0 Å². The minimum atomic E-state index is -1.15. The molecule has 4 nitrogen and oxygen atoms in total. The highest BCUT2D eigenvalue weighted by Gasteiger charge is 2.45. The van der Waals surface area contributed by atoms with Crippen LogP contribution in [-0.4, -0.2) is 19.7 Å². The van der Waals surface area contributed by atoms with Gasteiger partial charge < -0.3 is 14.2 Å². The fraction of sp³-hybridized carbons (Fsp3) is 0.316. The second-order valence-electron chi connectivity index (χ2n) is 5.82. The number of esters is 1. The molecule has 0 N–H and O–H groups in total. The molecule has 0 saturated carbocycles. The molecule has 0 aliphatic carbocycles. The molecule has 0 bridgehead atoms. The summed E-state index contributed by atoms with van der Waals surface area (Å²) in [5.74, 6) is 0.775. The topological polar surface area (TPSA) is 44.8 Å². The Bertz CT molecular complexity index is 753. The molecule has 2 aromatic rings. The third kappa shape index (κ3) is 3.76. The molecule has 1 atom stereocenters. The van der Waals surface area contributed by atoms with Crippen molar-refractivity contribution in [2.24, 2.45) is 0 Å². The van der Waals surface area contributed by atoms with E-state index in [0.717, 1.165) is 12.8 Å². The summed E-state index contributed by atoms with van der Waals surface area (Å²) < 4.78 is 16.6. The van der Waals surface area contributed by atoms with Crippen LogP contribution in [0.25, 0.3) is 0 Å². The summed E-state index contributed by atoms with van der Waals surface area (Å²) in [4.78, 5) is 12.4. The Kier molecular flexibility index (Phi) is 5.52. The average molecular weight is 381 g/mol. The maximum atomic E-state index is 12.4. The second kappa shape index (κ2) is 7.65. The summed E-state index contributed by atoms with van der Waals surface area (Å²) in [5, 5.41) is 1.04. The fourth-order valence-electron chi connectivity index (χ4n) is 2.97. The Balaban J connectivity index is 1.90. The largest absolute Gasteiger partial charge is 0.467 e. The van der Waals surface area contributed by atoms with Gasteiger partial charge in [0.15, 0.2) is 5.60 Å². The zero-order valence-corrected chi connectivity index (χ0v) is 15.3. The van der Waals surface area contributed by atoms with Crippen molar-refractivity contribution in [1.82, 2.24) is 0 Å². The zero-order valence-electron chi connectivity index (χ0n) is 13.8. The van der Waals surface area contributed by atoms with Crippen molar-refractivity contribution < 1.29 is 19.0 Å². The van der Waals surface area contributed by atoms with E-state index >= 15 is 0 Å². The summed E-state index contributed by atoms with van der Waals surface area (Å²) >= 11 is 12.3. The van der Waals surface area contributed by atoms with E-state index in [9.17, 15) is 4.79 Å². The zero-order chi connectivity index (χ0) is 17.9. The molecule has 1 aliphatic heterocycles. The van der Waals surface area contributed by atoms with Gasteiger partial charge in [-0.15, -0.1) is 0 Å². The van der Waals surface area contributed by atoms with Crippen molar-refractivity contribution in [1.29, 1.82) is 0 Å². The van der Waals surface area contributed by atoms with Gasteiger partial charge in [0, 0.05) is 17.2 Å². The van der Waals surface area contributed by atoms with Crippen molar-refractivity contribution in [2.45, 2.75) is 24.9 Å². The van der Waals surface area contributed by atoms with Gasteiger partial charge in [-0.05, 0) is 55.7 Å². The number of hydrogen-bond acceptors (Lipinski definition) is 4. The summed E-state index contributed by atoms with van der Waals surface area (Å²) in [7, 11) is 1.36. The molecule has 1 unspecified atom stereocenters. The highest BCUT2D eigenvalue weighted by atomic mass is 35.5. The SMILES string of the molecule is COC(=O)C1(c2ccc(Oc3ccc(Cl)cc3)cc2Cl)CCCCO1. The number of benzene rings is 2. The third-order valence-corrected chi connectivity index (χ3v) is 4.78. The Morgan fingerprint density at radius 1 is 1.08 bits per heavy atom. The van der Waals surface area contributed by atoms with Crippen molar-refractivity contribution in [2.75, 3.05) is 13.7 Å². The number of methoxy groups -OCH3 is 1. The fourth-order valence-corrected chi connectivity index (χ4v) is 3.42. The molecule has 1 aliphatic rings. The van der Waals surface area contributed by atoms with E-state index < -0.39 is 11.6 Å².